The summed E-state index contributed by atoms with van der Waals surface area (Å²) < 4.78 is 0. The van der Waals surface area contributed by atoms with Crippen LogP contribution in [-0.2, 0) is 6.54 Å². The first-order chi connectivity index (χ1) is 9.83. The van der Waals surface area contributed by atoms with E-state index >= 15 is 0 Å². The molecule has 0 unspecified atom stereocenters. The maximum Gasteiger partial charge on any atom is 0.322 e. The van der Waals surface area contributed by atoms with Gasteiger partial charge in [-0.05, 0) is 36.6 Å². The second kappa shape index (κ2) is 5.74. The summed E-state index contributed by atoms with van der Waals surface area (Å²) in [5, 5.41) is 3.04. The van der Waals surface area contributed by atoms with Crippen molar-refractivity contribution in [2.24, 2.45) is 0 Å². The van der Waals surface area contributed by atoms with Gasteiger partial charge in [-0.3, -0.25) is 9.88 Å². The first-order valence-corrected chi connectivity index (χ1v) is 6.85. The molecule has 102 valence electrons. The third kappa shape index (κ3) is 3.15. The summed E-state index contributed by atoms with van der Waals surface area (Å²) in [4.78, 5) is 18.3. The molecule has 1 saturated carbocycles. The number of urea groups is 1. The van der Waals surface area contributed by atoms with Gasteiger partial charge in [0.25, 0.3) is 0 Å². The van der Waals surface area contributed by atoms with Crippen molar-refractivity contribution < 1.29 is 4.79 Å². The molecule has 4 heteroatoms. The molecule has 1 fully saturated rings. The van der Waals surface area contributed by atoms with Crippen LogP contribution in [0.15, 0.2) is 54.9 Å². The Labute approximate surface area is 118 Å². The molecule has 3 rings (SSSR count). The van der Waals surface area contributed by atoms with Gasteiger partial charge in [0.1, 0.15) is 0 Å². The summed E-state index contributed by atoms with van der Waals surface area (Å²) in [7, 11) is 0. The van der Waals surface area contributed by atoms with Crippen LogP contribution in [-0.4, -0.2) is 17.1 Å². The third-order valence-corrected chi connectivity index (χ3v) is 3.28. The fourth-order valence-electron chi connectivity index (χ4n) is 2.04. The van der Waals surface area contributed by atoms with Gasteiger partial charge in [-0.15, -0.1) is 0 Å². The molecule has 0 spiro atoms. The molecule has 20 heavy (non-hydrogen) atoms. The second-order valence-corrected chi connectivity index (χ2v) is 5.01. The molecule has 0 aliphatic heterocycles. The zero-order chi connectivity index (χ0) is 13.8. The van der Waals surface area contributed by atoms with Crippen LogP contribution in [0.4, 0.5) is 10.5 Å². The van der Waals surface area contributed by atoms with Crippen LogP contribution < -0.4 is 10.2 Å². The summed E-state index contributed by atoms with van der Waals surface area (Å²) in [6, 6.07) is 13.9. The molecule has 0 bridgehead atoms. The van der Waals surface area contributed by atoms with E-state index in [1.165, 1.54) is 0 Å². The Morgan fingerprint density at radius 2 is 2.00 bits per heavy atom. The Kier molecular flexibility index (Phi) is 3.63. The fourth-order valence-corrected chi connectivity index (χ4v) is 2.04. The van der Waals surface area contributed by atoms with Crippen molar-refractivity contribution in [2.45, 2.75) is 25.4 Å². The highest BCUT2D eigenvalue weighted by Gasteiger charge is 2.26. The summed E-state index contributed by atoms with van der Waals surface area (Å²) in [6.45, 7) is 0.524. The van der Waals surface area contributed by atoms with Crippen LogP contribution in [0.25, 0.3) is 0 Å². The van der Waals surface area contributed by atoms with Gasteiger partial charge in [-0.1, -0.05) is 24.3 Å². The topological polar surface area (TPSA) is 45.2 Å². The van der Waals surface area contributed by atoms with Gasteiger partial charge in [0.05, 0.1) is 6.54 Å². The summed E-state index contributed by atoms with van der Waals surface area (Å²) in [5.74, 6) is 0. The number of nitrogens with one attached hydrogen (secondary N) is 1. The van der Waals surface area contributed by atoms with E-state index in [2.05, 4.69) is 10.3 Å². The number of para-hydroxylation sites is 1. The second-order valence-electron chi connectivity index (χ2n) is 5.01. The maximum atomic E-state index is 12.4. The predicted molar refractivity (Wildman–Crippen MR) is 78.4 cm³/mol. The van der Waals surface area contributed by atoms with E-state index in [0.717, 1.165) is 24.1 Å². The zero-order valence-corrected chi connectivity index (χ0v) is 11.2. The van der Waals surface area contributed by atoms with Crippen molar-refractivity contribution in [1.82, 2.24) is 10.3 Å². The molecule has 1 aromatic carbocycles. The van der Waals surface area contributed by atoms with Gasteiger partial charge in [0, 0.05) is 24.1 Å². The Balaban J connectivity index is 1.81. The minimum Gasteiger partial charge on any atom is -0.335 e. The van der Waals surface area contributed by atoms with Gasteiger partial charge in [-0.25, -0.2) is 4.79 Å². The number of anilines is 1. The molecule has 0 atom stereocenters. The molecule has 0 radical (unpaired) electrons. The third-order valence-electron chi connectivity index (χ3n) is 3.28. The molecule has 2 amide bonds. The van der Waals surface area contributed by atoms with Crippen molar-refractivity contribution in [3.05, 3.63) is 60.4 Å². The molecule has 1 N–H and O–H groups in total. The van der Waals surface area contributed by atoms with E-state index in [4.69, 9.17) is 0 Å². The lowest BCUT2D eigenvalue weighted by molar-refractivity contribution is 0.245. The number of hydrogen-bond acceptors (Lipinski definition) is 2. The van der Waals surface area contributed by atoms with Gasteiger partial charge in [0.2, 0.25) is 0 Å². The molecule has 1 aliphatic carbocycles. The van der Waals surface area contributed by atoms with Crippen LogP contribution in [0.3, 0.4) is 0 Å². The van der Waals surface area contributed by atoms with E-state index in [9.17, 15) is 4.79 Å². The van der Waals surface area contributed by atoms with Crippen molar-refractivity contribution in [2.75, 3.05) is 4.90 Å². The standard InChI is InChI=1S/C16H17N3O/c20-16(18-14-8-9-14)19(15-6-2-1-3-7-15)12-13-5-4-10-17-11-13/h1-7,10-11,14H,8-9,12H2,(H,18,20). The number of carbonyl (C=O) groups excluding carboxylic acids is 1. The molecule has 1 aromatic heterocycles. The Bertz CT molecular complexity index is 567. The van der Waals surface area contributed by atoms with E-state index in [-0.39, 0.29) is 6.03 Å². The number of hydrogen-bond donors (Lipinski definition) is 1. The highest BCUT2D eigenvalue weighted by Crippen LogP contribution is 2.21. The van der Waals surface area contributed by atoms with E-state index in [1.807, 2.05) is 42.5 Å². The van der Waals surface area contributed by atoms with Crippen LogP contribution >= 0.6 is 0 Å². The monoisotopic (exact) mass is 267 g/mol. The number of pyridine rings is 1. The number of rotatable bonds is 4. The first kappa shape index (κ1) is 12.7. The predicted octanol–water partition coefficient (Wildman–Crippen LogP) is 2.96. The van der Waals surface area contributed by atoms with Crippen LogP contribution in [0.5, 0.6) is 0 Å². The van der Waals surface area contributed by atoms with Crippen molar-refractivity contribution >= 4 is 11.7 Å². The fraction of sp³-hybridized carbons (Fsp3) is 0.250. The Hall–Kier alpha value is -2.36. The minimum atomic E-state index is -0.0393. The highest BCUT2D eigenvalue weighted by molar-refractivity contribution is 5.92. The molecule has 0 saturated heterocycles. The summed E-state index contributed by atoms with van der Waals surface area (Å²) >= 11 is 0. The number of nitrogens with zero attached hydrogens (tertiary/aromatic N) is 2. The lowest BCUT2D eigenvalue weighted by atomic mass is 10.2. The van der Waals surface area contributed by atoms with E-state index < -0.39 is 0 Å². The normalized spacial score (nSPS) is 13.8. The number of carbonyl (C=O) groups is 1. The first-order valence-electron chi connectivity index (χ1n) is 6.85. The summed E-state index contributed by atoms with van der Waals surface area (Å²) in [6.07, 6.45) is 5.70. The van der Waals surface area contributed by atoms with E-state index in [1.54, 1.807) is 17.3 Å². The van der Waals surface area contributed by atoms with Crippen LogP contribution in [0, 0.1) is 0 Å². The average Bonchev–Trinajstić information content (AvgIpc) is 3.30. The number of benzene rings is 1. The quantitative estimate of drug-likeness (QED) is 0.925. The number of amides is 2. The van der Waals surface area contributed by atoms with Gasteiger partial charge in [-0.2, -0.15) is 0 Å². The lowest BCUT2D eigenvalue weighted by Gasteiger charge is -2.23. The van der Waals surface area contributed by atoms with Gasteiger partial charge >= 0.3 is 6.03 Å². The van der Waals surface area contributed by atoms with Crippen molar-refractivity contribution in [1.29, 1.82) is 0 Å². The van der Waals surface area contributed by atoms with Gasteiger partial charge in [0.15, 0.2) is 0 Å². The molecule has 4 nitrogen and oxygen atoms in total. The maximum absolute atomic E-state index is 12.4. The number of aromatic nitrogens is 1. The Morgan fingerprint density at radius 3 is 2.65 bits per heavy atom. The van der Waals surface area contributed by atoms with E-state index in [0.29, 0.717) is 12.6 Å². The highest BCUT2D eigenvalue weighted by atomic mass is 16.2. The lowest BCUT2D eigenvalue weighted by Crippen LogP contribution is -2.40. The molecule has 2 aromatic rings. The van der Waals surface area contributed by atoms with Crippen molar-refractivity contribution in [3.63, 3.8) is 0 Å². The zero-order valence-electron chi connectivity index (χ0n) is 11.2. The van der Waals surface area contributed by atoms with Crippen LogP contribution in [0.1, 0.15) is 18.4 Å². The molecular weight excluding hydrogens is 250 g/mol. The molecule has 1 aliphatic rings. The summed E-state index contributed by atoms with van der Waals surface area (Å²) in [5.41, 5.74) is 1.91. The molecular formula is C16H17N3O. The smallest absolute Gasteiger partial charge is 0.322 e. The SMILES string of the molecule is O=C(NC1CC1)N(Cc1cccnc1)c1ccccc1. The van der Waals surface area contributed by atoms with Crippen LogP contribution in [0.2, 0.25) is 0 Å². The average molecular weight is 267 g/mol. The van der Waals surface area contributed by atoms with Gasteiger partial charge < -0.3 is 5.32 Å². The minimum absolute atomic E-state index is 0.0393. The largest absolute Gasteiger partial charge is 0.335 e. The molecule has 1 heterocycles. The van der Waals surface area contributed by atoms with Crippen molar-refractivity contribution in [3.8, 4) is 0 Å². The Morgan fingerprint density at radius 1 is 1.20 bits per heavy atom.